The molecule has 3 saturated heterocycles. The SMILES string of the molecule is CN(CC(=O)N1CCC(C(=O)N2CCCCCC2)CC1)CC1CCCN1c1cccnn1. The zero-order valence-electron chi connectivity index (χ0n) is 19.5. The van der Waals surface area contributed by atoms with Gasteiger partial charge in [-0.05, 0) is 57.7 Å². The molecule has 1 aromatic heterocycles. The van der Waals surface area contributed by atoms with E-state index in [2.05, 4.69) is 24.9 Å². The van der Waals surface area contributed by atoms with Crippen molar-refractivity contribution in [3.8, 4) is 0 Å². The van der Waals surface area contributed by atoms with Gasteiger partial charge in [-0.3, -0.25) is 14.5 Å². The van der Waals surface area contributed by atoms with Crippen LogP contribution in [0.15, 0.2) is 18.3 Å². The van der Waals surface area contributed by atoms with Crippen molar-refractivity contribution in [2.45, 2.75) is 57.4 Å². The molecule has 1 aromatic rings. The first-order chi connectivity index (χ1) is 15.6. The van der Waals surface area contributed by atoms with Crippen LogP contribution in [0.25, 0.3) is 0 Å². The van der Waals surface area contributed by atoms with Crippen molar-refractivity contribution in [2.24, 2.45) is 5.92 Å². The van der Waals surface area contributed by atoms with Gasteiger partial charge in [-0.25, -0.2) is 0 Å². The first-order valence-corrected chi connectivity index (χ1v) is 12.4. The molecule has 0 spiro atoms. The third-order valence-corrected chi connectivity index (χ3v) is 7.27. The molecule has 4 heterocycles. The van der Waals surface area contributed by atoms with Crippen molar-refractivity contribution >= 4 is 17.6 Å². The van der Waals surface area contributed by atoms with E-state index in [9.17, 15) is 9.59 Å². The van der Waals surface area contributed by atoms with E-state index in [1.807, 2.05) is 24.1 Å². The average molecular weight is 443 g/mol. The molecule has 2 amide bonds. The molecule has 3 aliphatic rings. The van der Waals surface area contributed by atoms with Crippen LogP contribution in [0.2, 0.25) is 0 Å². The summed E-state index contributed by atoms with van der Waals surface area (Å²) in [5.74, 6) is 1.51. The monoisotopic (exact) mass is 442 g/mol. The fourth-order valence-electron chi connectivity index (χ4n) is 5.45. The Morgan fingerprint density at radius 1 is 0.969 bits per heavy atom. The number of hydrogen-bond donors (Lipinski definition) is 0. The van der Waals surface area contributed by atoms with Crippen LogP contribution in [-0.2, 0) is 9.59 Å². The fraction of sp³-hybridized carbons (Fsp3) is 0.750. The molecule has 0 radical (unpaired) electrons. The van der Waals surface area contributed by atoms with E-state index < -0.39 is 0 Å². The second kappa shape index (κ2) is 11.1. The third kappa shape index (κ3) is 5.77. The van der Waals surface area contributed by atoms with Gasteiger partial charge in [0, 0.05) is 57.4 Å². The molecular weight excluding hydrogens is 404 g/mol. The van der Waals surface area contributed by atoms with Gasteiger partial charge in [0.25, 0.3) is 0 Å². The highest BCUT2D eigenvalue weighted by atomic mass is 16.2. The summed E-state index contributed by atoms with van der Waals surface area (Å²) < 4.78 is 0. The van der Waals surface area contributed by atoms with Gasteiger partial charge in [-0.15, -0.1) is 5.10 Å². The van der Waals surface area contributed by atoms with Crippen LogP contribution in [-0.4, -0.2) is 95.6 Å². The van der Waals surface area contributed by atoms with Crippen molar-refractivity contribution in [3.05, 3.63) is 18.3 Å². The molecule has 0 bridgehead atoms. The molecule has 0 saturated carbocycles. The van der Waals surface area contributed by atoms with Crippen molar-refractivity contribution in [3.63, 3.8) is 0 Å². The van der Waals surface area contributed by atoms with Crippen molar-refractivity contribution in [1.82, 2.24) is 24.9 Å². The van der Waals surface area contributed by atoms with E-state index >= 15 is 0 Å². The molecule has 0 aliphatic carbocycles. The Morgan fingerprint density at radius 2 is 1.72 bits per heavy atom. The number of piperidine rings is 1. The first kappa shape index (κ1) is 23.0. The second-order valence-electron chi connectivity index (χ2n) is 9.66. The minimum absolute atomic E-state index is 0.0916. The minimum Gasteiger partial charge on any atom is -0.351 e. The molecule has 1 atom stereocenters. The fourth-order valence-corrected chi connectivity index (χ4v) is 5.45. The van der Waals surface area contributed by atoms with Gasteiger partial charge in [0.05, 0.1) is 6.54 Å². The minimum atomic E-state index is 0.0916. The number of amides is 2. The molecule has 0 aromatic carbocycles. The molecule has 8 nitrogen and oxygen atoms in total. The lowest BCUT2D eigenvalue weighted by atomic mass is 9.95. The van der Waals surface area contributed by atoms with Crippen LogP contribution in [0.4, 0.5) is 5.82 Å². The van der Waals surface area contributed by atoms with Crippen molar-refractivity contribution in [2.75, 3.05) is 57.8 Å². The summed E-state index contributed by atoms with van der Waals surface area (Å²) in [5.41, 5.74) is 0. The Hall–Kier alpha value is -2.22. The Balaban J connectivity index is 1.22. The Labute approximate surface area is 191 Å². The van der Waals surface area contributed by atoms with Crippen molar-refractivity contribution < 1.29 is 9.59 Å². The summed E-state index contributed by atoms with van der Waals surface area (Å²) in [4.78, 5) is 34.3. The summed E-state index contributed by atoms with van der Waals surface area (Å²) in [6, 6.07) is 4.29. The largest absolute Gasteiger partial charge is 0.351 e. The van der Waals surface area contributed by atoms with Gasteiger partial charge in [0.2, 0.25) is 11.8 Å². The van der Waals surface area contributed by atoms with Gasteiger partial charge in [-0.1, -0.05) is 12.8 Å². The van der Waals surface area contributed by atoms with Crippen LogP contribution in [0.5, 0.6) is 0 Å². The molecule has 176 valence electrons. The smallest absolute Gasteiger partial charge is 0.236 e. The highest BCUT2D eigenvalue weighted by Crippen LogP contribution is 2.24. The van der Waals surface area contributed by atoms with Crippen LogP contribution < -0.4 is 4.90 Å². The predicted octanol–water partition coefficient (Wildman–Crippen LogP) is 2.02. The van der Waals surface area contributed by atoms with Crippen LogP contribution >= 0.6 is 0 Å². The maximum absolute atomic E-state index is 12.9. The highest BCUT2D eigenvalue weighted by molar-refractivity contribution is 5.81. The van der Waals surface area contributed by atoms with E-state index in [-0.39, 0.29) is 11.8 Å². The third-order valence-electron chi connectivity index (χ3n) is 7.27. The quantitative estimate of drug-likeness (QED) is 0.671. The highest BCUT2D eigenvalue weighted by Gasteiger charge is 2.31. The number of likely N-dealkylation sites (tertiary alicyclic amines) is 2. The van der Waals surface area contributed by atoms with E-state index in [1.54, 1.807) is 6.20 Å². The van der Waals surface area contributed by atoms with E-state index in [0.717, 1.165) is 70.5 Å². The normalized spacial score (nSPS) is 22.9. The molecule has 3 fully saturated rings. The summed E-state index contributed by atoms with van der Waals surface area (Å²) in [5, 5.41) is 8.28. The average Bonchev–Trinajstić information content (AvgIpc) is 3.10. The van der Waals surface area contributed by atoms with Gasteiger partial charge in [-0.2, -0.15) is 5.10 Å². The maximum atomic E-state index is 12.9. The van der Waals surface area contributed by atoms with Gasteiger partial charge < -0.3 is 14.7 Å². The molecule has 4 rings (SSSR count). The number of nitrogens with zero attached hydrogens (tertiary/aromatic N) is 6. The van der Waals surface area contributed by atoms with Gasteiger partial charge >= 0.3 is 0 Å². The summed E-state index contributed by atoms with van der Waals surface area (Å²) in [7, 11) is 2.03. The standard InChI is InChI=1S/C24H38N6O2/c1-27(18-21-8-7-15-30(21)22-9-6-12-25-26-22)19-23(31)28-16-10-20(11-17-28)24(32)29-13-4-2-3-5-14-29/h6,9,12,20-21H,2-5,7-8,10-11,13-19H2,1H3. The number of hydrogen-bond acceptors (Lipinski definition) is 6. The number of carbonyl (C=O) groups excluding carboxylic acids is 2. The van der Waals surface area contributed by atoms with Crippen molar-refractivity contribution in [1.29, 1.82) is 0 Å². The molecule has 8 heteroatoms. The maximum Gasteiger partial charge on any atom is 0.236 e. The zero-order valence-corrected chi connectivity index (χ0v) is 19.5. The van der Waals surface area contributed by atoms with Crippen LogP contribution in [0.3, 0.4) is 0 Å². The molecule has 0 N–H and O–H groups in total. The Bertz CT molecular complexity index is 744. The number of rotatable bonds is 6. The zero-order chi connectivity index (χ0) is 22.3. The first-order valence-electron chi connectivity index (χ1n) is 12.4. The topological polar surface area (TPSA) is 72.9 Å². The van der Waals surface area contributed by atoms with E-state index in [0.29, 0.717) is 31.6 Å². The number of anilines is 1. The summed E-state index contributed by atoms with van der Waals surface area (Å²) in [6.07, 6.45) is 10.3. The molecular formula is C24H38N6O2. The molecule has 1 unspecified atom stereocenters. The lowest BCUT2D eigenvalue weighted by molar-refractivity contribution is -0.141. The van der Waals surface area contributed by atoms with Gasteiger partial charge in [0.1, 0.15) is 0 Å². The van der Waals surface area contributed by atoms with E-state index in [4.69, 9.17) is 0 Å². The van der Waals surface area contributed by atoms with Crippen LogP contribution in [0, 0.1) is 5.92 Å². The predicted molar refractivity (Wildman–Crippen MR) is 124 cm³/mol. The second-order valence-corrected chi connectivity index (χ2v) is 9.66. The lowest BCUT2D eigenvalue weighted by Gasteiger charge is -2.35. The van der Waals surface area contributed by atoms with E-state index in [1.165, 1.54) is 12.8 Å². The Kier molecular flexibility index (Phi) is 7.95. The summed E-state index contributed by atoms with van der Waals surface area (Å²) in [6.45, 7) is 5.48. The lowest BCUT2D eigenvalue weighted by Crippen LogP contribution is -2.48. The number of likely N-dealkylation sites (N-methyl/N-ethyl adjacent to an activating group) is 1. The Morgan fingerprint density at radius 3 is 2.41 bits per heavy atom. The molecule has 3 aliphatic heterocycles. The molecule has 32 heavy (non-hydrogen) atoms. The number of carbonyl (C=O) groups is 2. The number of aromatic nitrogens is 2. The van der Waals surface area contributed by atoms with Crippen LogP contribution in [0.1, 0.15) is 51.4 Å². The van der Waals surface area contributed by atoms with Gasteiger partial charge in [0.15, 0.2) is 5.82 Å². The summed E-state index contributed by atoms with van der Waals surface area (Å²) >= 11 is 0.